The molecule has 0 radical (unpaired) electrons. The number of hydrogen-bond acceptors (Lipinski definition) is 6. The van der Waals surface area contributed by atoms with Gasteiger partial charge in [-0.05, 0) is 50.3 Å². The standard InChI is InChI=1S/C28H27Cl2F5N4O4/c1-2-43-27(42)16-3-5-19(6-4-16)39-25(28(33,34)35)20(10-37-39)26(41)38(13-15-7-17(31)9-18(32)8-15)14-23(40)24-21(29)11-36-12-22(24)30/h7-12,16,19,23,40H,2-6,13-14H2,1H3. The molecule has 1 aromatic carbocycles. The lowest BCUT2D eigenvalue weighted by Crippen LogP contribution is -2.36. The van der Waals surface area contributed by atoms with Crippen molar-refractivity contribution < 1.29 is 41.4 Å². The molecule has 2 heterocycles. The average molecular weight is 649 g/mol. The zero-order valence-electron chi connectivity index (χ0n) is 22.8. The number of halogens is 7. The van der Waals surface area contributed by atoms with Crippen molar-refractivity contribution in [3.05, 3.63) is 80.9 Å². The third kappa shape index (κ3) is 7.63. The Kier molecular flexibility index (Phi) is 10.3. The van der Waals surface area contributed by atoms with Gasteiger partial charge in [-0.2, -0.15) is 18.3 Å². The molecule has 3 aromatic rings. The molecule has 8 nitrogen and oxygen atoms in total. The first-order valence-corrected chi connectivity index (χ1v) is 14.1. The number of esters is 1. The molecule has 1 atom stereocenters. The van der Waals surface area contributed by atoms with E-state index in [1.54, 1.807) is 6.92 Å². The van der Waals surface area contributed by atoms with Crippen LogP contribution in [0.15, 0.2) is 36.8 Å². The molecule has 15 heteroatoms. The van der Waals surface area contributed by atoms with E-state index in [9.17, 15) is 36.6 Å². The molecule has 232 valence electrons. The van der Waals surface area contributed by atoms with Crippen LogP contribution < -0.4 is 0 Å². The summed E-state index contributed by atoms with van der Waals surface area (Å²) >= 11 is 12.3. The molecular weight excluding hydrogens is 622 g/mol. The third-order valence-corrected chi connectivity index (χ3v) is 7.76. The molecule has 0 saturated heterocycles. The lowest BCUT2D eigenvalue weighted by atomic mass is 9.86. The van der Waals surface area contributed by atoms with Crippen molar-refractivity contribution in [1.29, 1.82) is 0 Å². The number of carbonyl (C=O) groups is 2. The summed E-state index contributed by atoms with van der Waals surface area (Å²) in [5, 5.41) is 14.8. The molecule has 1 unspecified atom stereocenters. The molecule has 43 heavy (non-hydrogen) atoms. The SMILES string of the molecule is CCOC(=O)C1CCC(n2ncc(C(=O)N(Cc3cc(F)cc(F)c3)CC(O)c3c(Cl)cncc3Cl)c2C(F)(F)F)CC1. The summed E-state index contributed by atoms with van der Waals surface area (Å²) in [6.45, 7) is 0.634. The number of alkyl halides is 3. The van der Waals surface area contributed by atoms with E-state index >= 15 is 0 Å². The maximum Gasteiger partial charge on any atom is 0.433 e. The highest BCUT2D eigenvalue weighted by molar-refractivity contribution is 6.35. The van der Waals surface area contributed by atoms with Crippen molar-refractivity contribution in [2.24, 2.45) is 5.92 Å². The van der Waals surface area contributed by atoms with Gasteiger partial charge in [-0.25, -0.2) is 8.78 Å². The second kappa shape index (κ2) is 13.6. The molecule has 1 amide bonds. The first kappa shape index (κ1) is 32.6. The summed E-state index contributed by atoms with van der Waals surface area (Å²) in [7, 11) is 0. The first-order valence-electron chi connectivity index (χ1n) is 13.3. The summed E-state index contributed by atoms with van der Waals surface area (Å²) < 4.78 is 77.2. The van der Waals surface area contributed by atoms with Crippen molar-refractivity contribution in [3.8, 4) is 0 Å². The zero-order chi connectivity index (χ0) is 31.5. The van der Waals surface area contributed by atoms with Crippen molar-refractivity contribution in [3.63, 3.8) is 0 Å². The fourth-order valence-electron chi connectivity index (χ4n) is 5.25. The molecule has 0 spiro atoms. The van der Waals surface area contributed by atoms with Crippen LogP contribution in [0.1, 0.15) is 71.9 Å². The Labute approximate surface area is 253 Å². The van der Waals surface area contributed by atoms with Crippen LogP contribution in [0.4, 0.5) is 22.0 Å². The highest BCUT2D eigenvalue weighted by Gasteiger charge is 2.43. The van der Waals surface area contributed by atoms with Crippen LogP contribution in [-0.4, -0.2) is 49.8 Å². The normalized spacial score (nSPS) is 17.9. The van der Waals surface area contributed by atoms with Gasteiger partial charge in [0.15, 0.2) is 5.69 Å². The van der Waals surface area contributed by atoms with Crippen LogP contribution in [0, 0.1) is 17.6 Å². The van der Waals surface area contributed by atoms with Gasteiger partial charge in [-0.3, -0.25) is 19.3 Å². The Morgan fingerprint density at radius 2 is 1.67 bits per heavy atom. The van der Waals surface area contributed by atoms with Gasteiger partial charge in [0.1, 0.15) is 11.6 Å². The number of aliphatic hydroxyl groups excluding tert-OH is 1. The molecule has 1 N–H and O–H groups in total. The van der Waals surface area contributed by atoms with E-state index in [1.807, 2.05) is 0 Å². The topological polar surface area (TPSA) is 97.6 Å². The minimum atomic E-state index is -5.02. The average Bonchev–Trinajstić information content (AvgIpc) is 3.38. The van der Waals surface area contributed by atoms with E-state index in [2.05, 4.69) is 10.1 Å². The number of pyridine rings is 1. The number of amides is 1. The monoisotopic (exact) mass is 648 g/mol. The van der Waals surface area contributed by atoms with E-state index in [0.717, 1.165) is 27.9 Å². The molecule has 0 bridgehead atoms. The van der Waals surface area contributed by atoms with Crippen molar-refractivity contribution in [1.82, 2.24) is 19.7 Å². The van der Waals surface area contributed by atoms with E-state index < -0.39 is 72.1 Å². The Hall–Kier alpha value is -3.29. The number of benzene rings is 1. The van der Waals surface area contributed by atoms with Gasteiger partial charge in [-0.15, -0.1) is 0 Å². The fraction of sp³-hybridized carbons (Fsp3) is 0.429. The quantitative estimate of drug-likeness (QED) is 0.209. The minimum Gasteiger partial charge on any atom is -0.466 e. The smallest absolute Gasteiger partial charge is 0.433 e. The number of ether oxygens (including phenoxy) is 1. The molecule has 0 aliphatic heterocycles. The van der Waals surface area contributed by atoms with E-state index in [-0.39, 0.29) is 53.5 Å². The number of aliphatic hydroxyl groups is 1. The molecule has 1 aliphatic rings. The fourth-order valence-corrected chi connectivity index (χ4v) is 5.86. The lowest BCUT2D eigenvalue weighted by molar-refractivity contribution is -0.151. The Morgan fingerprint density at radius 3 is 2.23 bits per heavy atom. The number of rotatable bonds is 9. The maximum atomic E-state index is 14.5. The van der Waals surface area contributed by atoms with Gasteiger partial charge < -0.3 is 14.7 Å². The van der Waals surface area contributed by atoms with Crippen LogP contribution in [-0.2, 0) is 22.3 Å². The lowest BCUT2D eigenvalue weighted by Gasteiger charge is -2.29. The number of aromatic nitrogens is 3. The Morgan fingerprint density at radius 1 is 1.07 bits per heavy atom. The largest absolute Gasteiger partial charge is 0.466 e. The summed E-state index contributed by atoms with van der Waals surface area (Å²) in [4.78, 5) is 30.5. The Bertz CT molecular complexity index is 1440. The van der Waals surface area contributed by atoms with Crippen molar-refractivity contribution in [2.45, 2.75) is 57.5 Å². The van der Waals surface area contributed by atoms with Crippen LogP contribution in [0.3, 0.4) is 0 Å². The maximum absolute atomic E-state index is 14.5. The highest BCUT2D eigenvalue weighted by atomic mass is 35.5. The van der Waals surface area contributed by atoms with Crippen LogP contribution >= 0.6 is 23.2 Å². The molecule has 1 aliphatic carbocycles. The molecule has 1 saturated carbocycles. The van der Waals surface area contributed by atoms with Gasteiger partial charge in [0.05, 0.1) is 53.0 Å². The molecule has 2 aromatic heterocycles. The summed E-state index contributed by atoms with van der Waals surface area (Å²) in [5.74, 6) is -4.00. The van der Waals surface area contributed by atoms with Gasteiger partial charge in [0.2, 0.25) is 0 Å². The summed E-state index contributed by atoms with van der Waals surface area (Å²) in [6, 6.07) is 1.68. The van der Waals surface area contributed by atoms with Crippen LogP contribution in [0.25, 0.3) is 0 Å². The Balaban J connectivity index is 1.69. The van der Waals surface area contributed by atoms with Crippen LogP contribution in [0.2, 0.25) is 10.0 Å². The highest BCUT2D eigenvalue weighted by Crippen LogP contribution is 2.40. The minimum absolute atomic E-state index is 0.0355. The first-order chi connectivity index (χ1) is 20.3. The second-order valence-corrected chi connectivity index (χ2v) is 10.9. The van der Waals surface area contributed by atoms with E-state index in [1.165, 1.54) is 12.4 Å². The van der Waals surface area contributed by atoms with Crippen molar-refractivity contribution >= 4 is 35.1 Å². The van der Waals surface area contributed by atoms with Gasteiger partial charge in [-0.1, -0.05) is 23.2 Å². The predicted molar refractivity (Wildman–Crippen MR) is 145 cm³/mol. The van der Waals surface area contributed by atoms with Gasteiger partial charge in [0.25, 0.3) is 5.91 Å². The van der Waals surface area contributed by atoms with Gasteiger partial charge >= 0.3 is 12.1 Å². The second-order valence-electron chi connectivity index (χ2n) is 10.1. The predicted octanol–water partition coefficient (Wildman–Crippen LogP) is 6.55. The van der Waals surface area contributed by atoms with E-state index in [4.69, 9.17) is 27.9 Å². The summed E-state index contributed by atoms with van der Waals surface area (Å²) in [5.41, 5.74) is -2.26. The molecule has 1 fully saturated rings. The third-order valence-electron chi connectivity index (χ3n) is 7.16. The molecule has 4 rings (SSSR count). The number of hydrogen-bond donors (Lipinski definition) is 1. The van der Waals surface area contributed by atoms with Crippen molar-refractivity contribution in [2.75, 3.05) is 13.2 Å². The summed E-state index contributed by atoms with van der Waals surface area (Å²) in [6.07, 6.45) is -2.55. The molecular formula is C28H27Cl2F5N4O4. The van der Waals surface area contributed by atoms with Crippen LogP contribution in [0.5, 0.6) is 0 Å². The van der Waals surface area contributed by atoms with E-state index in [0.29, 0.717) is 6.07 Å². The zero-order valence-corrected chi connectivity index (χ0v) is 24.3. The van der Waals surface area contributed by atoms with Gasteiger partial charge in [0, 0.05) is 30.6 Å². The number of carbonyl (C=O) groups excluding carboxylic acids is 2. The number of nitrogens with zero attached hydrogens (tertiary/aromatic N) is 4.